The molecule has 2 heterocycles. The Morgan fingerprint density at radius 2 is 1.60 bits per heavy atom. The van der Waals surface area contributed by atoms with Gasteiger partial charge in [-0.1, -0.05) is 112 Å². The fraction of sp³-hybridized carbons (Fsp3) is 0.260. The van der Waals surface area contributed by atoms with Crippen molar-refractivity contribution in [1.29, 1.82) is 0 Å². The first-order chi connectivity index (χ1) is 26.0. The van der Waals surface area contributed by atoms with Crippen molar-refractivity contribution < 1.29 is 0 Å². The van der Waals surface area contributed by atoms with Gasteiger partial charge in [-0.15, -0.1) is 0 Å². The van der Waals surface area contributed by atoms with Gasteiger partial charge in [0.1, 0.15) is 0 Å². The highest BCUT2D eigenvalue weighted by Gasteiger charge is 2.42. The predicted octanol–water partition coefficient (Wildman–Crippen LogP) is 12.6. The van der Waals surface area contributed by atoms with Crippen molar-refractivity contribution in [1.82, 2.24) is 4.98 Å². The summed E-state index contributed by atoms with van der Waals surface area (Å²) in [6, 6.07) is 41.5. The lowest BCUT2D eigenvalue weighted by Crippen LogP contribution is -2.35. The third-order valence-electron chi connectivity index (χ3n) is 12.8. The van der Waals surface area contributed by atoms with E-state index >= 15 is 0 Å². The van der Waals surface area contributed by atoms with Gasteiger partial charge in [0.25, 0.3) is 0 Å². The average molecular weight is 690 g/mol. The Labute approximate surface area is 314 Å². The van der Waals surface area contributed by atoms with Gasteiger partial charge in [-0.2, -0.15) is 0 Å². The number of allylic oxidation sites excluding steroid dienone is 6. The number of pyridine rings is 1. The highest BCUT2D eigenvalue weighted by atomic mass is 15.2. The molecule has 1 aromatic heterocycles. The highest BCUT2D eigenvalue weighted by Crippen LogP contribution is 2.53. The summed E-state index contributed by atoms with van der Waals surface area (Å²) in [7, 11) is 0. The standard InChI is InChI=1S/C50H47N3/c1-50(2)46-19-8-6-17-42(46)43-27-26-41(32-47(43)50)52(40-16-10-12-35(30-40)37-13-11-29-51-33-37)39-24-21-34(22-25-39)36-23-28-49-45(31-36)44-18-7-9-20-48(44)53(49)38-14-4-3-5-15-38/h3-6,8,10-17,19,21,23-24,27-33,41,44,48H,7,9,18,20,22,25-26H2,1-2H3. The van der Waals surface area contributed by atoms with E-state index in [0.29, 0.717) is 12.0 Å². The molecule has 0 spiro atoms. The number of benzene rings is 4. The van der Waals surface area contributed by atoms with Crippen LogP contribution in [0.3, 0.4) is 0 Å². The van der Waals surface area contributed by atoms with E-state index in [9.17, 15) is 0 Å². The quantitative estimate of drug-likeness (QED) is 0.177. The smallest absolute Gasteiger partial charge is 0.0560 e. The van der Waals surface area contributed by atoms with Crippen LogP contribution in [-0.2, 0) is 5.41 Å². The number of hydrogen-bond acceptors (Lipinski definition) is 3. The van der Waals surface area contributed by atoms with Crippen LogP contribution in [0, 0.1) is 0 Å². The van der Waals surface area contributed by atoms with Crippen molar-refractivity contribution in [2.45, 2.75) is 82.2 Å². The molecule has 3 atom stereocenters. The zero-order valence-electron chi connectivity index (χ0n) is 30.9. The number of anilines is 3. The van der Waals surface area contributed by atoms with Crippen molar-refractivity contribution in [2.75, 3.05) is 9.80 Å². The lowest BCUT2D eigenvalue weighted by atomic mass is 9.79. The molecule has 5 aliphatic rings. The van der Waals surface area contributed by atoms with Crippen LogP contribution < -0.4 is 9.80 Å². The molecule has 0 amide bonds. The highest BCUT2D eigenvalue weighted by molar-refractivity contribution is 5.91. The van der Waals surface area contributed by atoms with Gasteiger partial charge < -0.3 is 9.80 Å². The molecule has 1 aliphatic heterocycles. The molecule has 262 valence electrons. The van der Waals surface area contributed by atoms with Crippen molar-refractivity contribution in [3.05, 3.63) is 179 Å². The van der Waals surface area contributed by atoms with Gasteiger partial charge in [0.15, 0.2) is 0 Å². The number of aromatic nitrogens is 1. The van der Waals surface area contributed by atoms with Gasteiger partial charge in [-0.25, -0.2) is 0 Å². The molecule has 4 aromatic carbocycles. The Bertz CT molecular complexity index is 2330. The number of para-hydroxylation sites is 1. The minimum absolute atomic E-state index is 0.0284. The topological polar surface area (TPSA) is 19.4 Å². The first-order valence-electron chi connectivity index (χ1n) is 19.8. The first-order valence-corrected chi connectivity index (χ1v) is 19.8. The van der Waals surface area contributed by atoms with Gasteiger partial charge in [-0.3, -0.25) is 4.98 Å². The molecule has 3 unspecified atom stereocenters. The van der Waals surface area contributed by atoms with Crippen molar-refractivity contribution in [2.24, 2.45) is 0 Å². The number of rotatable bonds is 6. The van der Waals surface area contributed by atoms with Crippen LogP contribution in [0.25, 0.3) is 22.3 Å². The Balaban J connectivity index is 1.02. The Morgan fingerprint density at radius 1 is 0.755 bits per heavy atom. The van der Waals surface area contributed by atoms with E-state index in [-0.39, 0.29) is 11.5 Å². The van der Waals surface area contributed by atoms with Crippen LogP contribution in [0.5, 0.6) is 0 Å². The molecule has 5 aromatic rings. The summed E-state index contributed by atoms with van der Waals surface area (Å²) in [5.41, 5.74) is 17.8. The van der Waals surface area contributed by atoms with Crippen LogP contribution >= 0.6 is 0 Å². The maximum absolute atomic E-state index is 4.44. The van der Waals surface area contributed by atoms with E-state index in [1.54, 1.807) is 5.56 Å². The van der Waals surface area contributed by atoms with Gasteiger partial charge >= 0.3 is 0 Å². The Morgan fingerprint density at radius 3 is 2.45 bits per heavy atom. The molecule has 0 radical (unpaired) electrons. The van der Waals surface area contributed by atoms with Gasteiger partial charge in [0, 0.05) is 58.1 Å². The second kappa shape index (κ2) is 12.9. The predicted molar refractivity (Wildman–Crippen MR) is 221 cm³/mol. The molecule has 1 fully saturated rings. The van der Waals surface area contributed by atoms with Crippen molar-refractivity contribution in [3.8, 4) is 11.1 Å². The maximum Gasteiger partial charge on any atom is 0.0560 e. The summed E-state index contributed by atoms with van der Waals surface area (Å²) in [5.74, 6) is 0.611. The van der Waals surface area contributed by atoms with Crippen LogP contribution in [0.4, 0.5) is 17.1 Å². The van der Waals surface area contributed by atoms with Crippen molar-refractivity contribution in [3.63, 3.8) is 0 Å². The van der Waals surface area contributed by atoms with E-state index in [2.05, 4.69) is 156 Å². The molecule has 0 saturated heterocycles. The summed E-state index contributed by atoms with van der Waals surface area (Å²) in [6.45, 7) is 4.79. The number of hydrogen-bond donors (Lipinski definition) is 0. The summed E-state index contributed by atoms with van der Waals surface area (Å²) in [5, 5.41) is 0. The van der Waals surface area contributed by atoms with Crippen LogP contribution in [0.15, 0.2) is 157 Å². The monoisotopic (exact) mass is 689 g/mol. The summed E-state index contributed by atoms with van der Waals surface area (Å²) in [4.78, 5) is 9.72. The van der Waals surface area contributed by atoms with Crippen LogP contribution in [0.2, 0.25) is 0 Å². The molecule has 10 rings (SSSR count). The van der Waals surface area contributed by atoms with Gasteiger partial charge in [0.2, 0.25) is 0 Å². The van der Waals surface area contributed by atoms with Crippen molar-refractivity contribution >= 4 is 28.2 Å². The molecule has 0 bridgehead atoms. The normalized spacial score (nSPS) is 22.4. The minimum Gasteiger partial charge on any atom is -0.338 e. The summed E-state index contributed by atoms with van der Waals surface area (Å²) < 4.78 is 0. The molecule has 53 heavy (non-hydrogen) atoms. The van der Waals surface area contributed by atoms with E-state index in [0.717, 1.165) is 24.8 Å². The van der Waals surface area contributed by atoms with Gasteiger partial charge in [0.05, 0.1) is 6.04 Å². The Hall–Kier alpha value is -5.41. The molecule has 1 saturated carbocycles. The molecule has 3 nitrogen and oxygen atoms in total. The van der Waals surface area contributed by atoms with Crippen LogP contribution in [0.1, 0.15) is 87.0 Å². The minimum atomic E-state index is -0.0284. The zero-order chi connectivity index (χ0) is 35.5. The average Bonchev–Trinajstić information content (AvgIpc) is 3.67. The Kier molecular flexibility index (Phi) is 7.86. The lowest BCUT2D eigenvalue weighted by molar-refractivity contribution is 0.402. The fourth-order valence-corrected chi connectivity index (χ4v) is 10.2. The molecule has 4 aliphatic carbocycles. The van der Waals surface area contributed by atoms with E-state index in [1.165, 1.54) is 87.4 Å². The van der Waals surface area contributed by atoms with E-state index in [4.69, 9.17) is 0 Å². The zero-order valence-corrected chi connectivity index (χ0v) is 30.9. The molecule has 0 N–H and O–H groups in total. The van der Waals surface area contributed by atoms with Gasteiger partial charge in [-0.05, 0) is 125 Å². The summed E-state index contributed by atoms with van der Waals surface area (Å²) in [6.07, 6.45) is 22.0. The lowest BCUT2D eigenvalue weighted by Gasteiger charge is -2.38. The summed E-state index contributed by atoms with van der Waals surface area (Å²) >= 11 is 0. The largest absolute Gasteiger partial charge is 0.338 e. The second-order valence-corrected chi connectivity index (χ2v) is 16.1. The SMILES string of the molecule is CC1(C)C2=CC(N(C3=CC=C(c4ccc5c(c4)C4CCCCC4N5c4ccccc4)CC3)c3cccc(-c4cccnc4)c3)CC=C2c2ccccc21. The third-order valence-corrected chi connectivity index (χ3v) is 12.8. The molecule has 3 heteroatoms. The maximum atomic E-state index is 4.44. The number of nitrogens with zero attached hydrogens (tertiary/aromatic N) is 3. The van der Waals surface area contributed by atoms with E-state index < -0.39 is 0 Å². The van der Waals surface area contributed by atoms with Crippen LogP contribution in [-0.4, -0.2) is 17.1 Å². The first kappa shape index (κ1) is 32.3. The third kappa shape index (κ3) is 5.43. The molecular formula is C50H47N3. The second-order valence-electron chi connectivity index (χ2n) is 16.1. The molecular weight excluding hydrogens is 643 g/mol. The fourth-order valence-electron chi connectivity index (χ4n) is 10.2. The number of fused-ring (bicyclic) bond motifs is 6. The van der Waals surface area contributed by atoms with E-state index in [1.807, 2.05) is 18.5 Å².